The van der Waals surface area contributed by atoms with Crippen LogP contribution in [0.1, 0.15) is 5.56 Å². The van der Waals surface area contributed by atoms with Gasteiger partial charge in [-0.3, -0.25) is 0 Å². The van der Waals surface area contributed by atoms with Crippen molar-refractivity contribution in [3.05, 3.63) is 29.6 Å². The second-order valence-corrected chi connectivity index (χ2v) is 1.93. The standard InChI is InChI=1S/C8H5F2NO/c9-7-4-3-6(2-1-5-12)8(10)11-7/h3-4,12H,5H2. The van der Waals surface area contributed by atoms with Crippen molar-refractivity contribution in [2.45, 2.75) is 0 Å². The predicted molar refractivity (Wildman–Crippen MR) is 38.1 cm³/mol. The van der Waals surface area contributed by atoms with Crippen molar-refractivity contribution < 1.29 is 13.9 Å². The second-order valence-electron chi connectivity index (χ2n) is 1.93. The molecule has 1 aromatic rings. The minimum Gasteiger partial charge on any atom is -0.384 e. The minimum atomic E-state index is -0.962. The van der Waals surface area contributed by atoms with Gasteiger partial charge in [-0.05, 0) is 12.1 Å². The first kappa shape index (κ1) is 8.62. The van der Waals surface area contributed by atoms with E-state index in [1.807, 2.05) is 0 Å². The lowest BCUT2D eigenvalue weighted by molar-refractivity contribution is 0.350. The van der Waals surface area contributed by atoms with Gasteiger partial charge in [0.25, 0.3) is 0 Å². The van der Waals surface area contributed by atoms with Gasteiger partial charge in [0, 0.05) is 0 Å². The van der Waals surface area contributed by atoms with Gasteiger partial charge in [0.1, 0.15) is 6.61 Å². The molecule has 1 rings (SSSR count). The van der Waals surface area contributed by atoms with Crippen molar-refractivity contribution in [2.24, 2.45) is 0 Å². The van der Waals surface area contributed by atoms with E-state index in [0.29, 0.717) is 0 Å². The van der Waals surface area contributed by atoms with Gasteiger partial charge < -0.3 is 5.11 Å². The summed E-state index contributed by atoms with van der Waals surface area (Å²) in [5.74, 6) is 2.66. The molecule has 0 fully saturated rings. The van der Waals surface area contributed by atoms with Gasteiger partial charge >= 0.3 is 0 Å². The van der Waals surface area contributed by atoms with Gasteiger partial charge in [0.2, 0.25) is 11.9 Å². The third-order valence-electron chi connectivity index (χ3n) is 1.12. The van der Waals surface area contributed by atoms with Crippen molar-refractivity contribution in [2.75, 3.05) is 6.61 Å². The maximum atomic E-state index is 12.6. The van der Waals surface area contributed by atoms with E-state index in [9.17, 15) is 8.78 Å². The lowest BCUT2D eigenvalue weighted by atomic mass is 10.3. The van der Waals surface area contributed by atoms with Crippen molar-refractivity contribution in [3.63, 3.8) is 0 Å². The van der Waals surface area contributed by atoms with Crippen molar-refractivity contribution in [3.8, 4) is 11.8 Å². The smallest absolute Gasteiger partial charge is 0.231 e. The van der Waals surface area contributed by atoms with Crippen LogP contribution in [0.15, 0.2) is 12.1 Å². The zero-order valence-corrected chi connectivity index (χ0v) is 6.01. The van der Waals surface area contributed by atoms with E-state index in [-0.39, 0.29) is 12.2 Å². The Hall–Kier alpha value is -1.47. The number of nitrogens with zero attached hydrogens (tertiary/aromatic N) is 1. The highest BCUT2D eigenvalue weighted by molar-refractivity contribution is 5.32. The molecule has 0 amide bonds. The molecule has 1 heterocycles. The third-order valence-corrected chi connectivity index (χ3v) is 1.12. The monoisotopic (exact) mass is 169 g/mol. The fourth-order valence-electron chi connectivity index (χ4n) is 0.640. The molecule has 12 heavy (non-hydrogen) atoms. The average molecular weight is 169 g/mol. The molecule has 62 valence electrons. The molecule has 2 nitrogen and oxygen atoms in total. The van der Waals surface area contributed by atoms with E-state index in [1.165, 1.54) is 6.07 Å². The summed E-state index contributed by atoms with van der Waals surface area (Å²) in [7, 11) is 0. The van der Waals surface area contributed by atoms with Crippen molar-refractivity contribution in [1.82, 2.24) is 4.98 Å². The van der Waals surface area contributed by atoms with Crippen LogP contribution in [0.5, 0.6) is 0 Å². The molecule has 0 bridgehead atoms. The summed E-state index contributed by atoms with van der Waals surface area (Å²) in [5, 5.41) is 8.28. The molecule has 1 aromatic heterocycles. The number of aromatic nitrogens is 1. The summed E-state index contributed by atoms with van der Waals surface area (Å²) in [4.78, 5) is 2.91. The zero-order chi connectivity index (χ0) is 8.97. The Balaban J connectivity index is 3.01. The van der Waals surface area contributed by atoms with E-state index >= 15 is 0 Å². The molecule has 0 saturated carbocycles. The maximum absolute atomic E-state index is 12.6. The highest BCUT2D eigenvalue weighted by Gasteiger charge is 2.00. The topological polar surface area (TPSA) is 33.1 Å². The van der Waals surface area contributed by atoms with Crippen LogP contribution in [0.3, 0.4) is 0 Å². The third kappa shape index (κ3) is 2.01. The molecular formula is C8H5F2NO. The van der Waals surface area contributed by atoms with Crippen LogP contribution in [-0.2, 0) is 0 Å². The van der Waals surface area contributed by atoms with Gasteiger partial charge in [-0.15, -0.1) is 0 Å². The first-order valence-electron chi connectivity index (χ1n) is 3.16. The average Bonchev–Trinajstić information content (AvgIpc) is 2.03. The molecule has 0 spiro atoms. The summed E-state index contributed by atoms with van der Waals surface area (Å²) in [6, 6.07) is 2.17. The van der Waals surface area contributed by atoms with Gasteiger partial charge in [0.15, 0.2) is 0 Å². The normalized spacial score (nSPS) is 8.92. The number of hydrogen-bond acceptors (Lipinski definition) is 2. The van der Waals surface area contributed by atoms with Gasteiger partial charge in [-0.2, -0.15) is 13.8 Å². The SMILES string of the molecule is OCC#Cc1ccc(F)nc1F. The van der Waals surface area contributed by atoms with Crippen molar-refractivity contribution >= 4 is 0 Å². The zero-order valence-electron chi connectivity index (χ0n) is 6.01. The van der Waals surface area contributed by atoms with E-state index in [2.05, 4.69) is 16.8 Å². The van der Waals surface area contributed by atoms with Crippen LogP contribution in [0.2, 0.25) is 0 Å². The lowest BCUT2D eigenvalue weighted by Gasteiger charge is -1.91. The summed E-state index contributed by atoms with van der Waals surface area (Å²) in [6.07, 6.45) is 0. The Bertz CT molecular complexity index is 341. The Morgan fingerprint density at radius 2 is 2.17 bits per heavy atom. The largest absolute Gasteiger partial charge is 0.384 e. The number of halogens is 2. The van der Waals surface area contributed by atoms with Crippen LogP contribution in [0.4, 0.5) is 8.78 Å². The highest BCUT2D eigenvalue weighted by Crippen LogP contribution is 2.02. The lowest BCUT2D eigenvalue weighted by Crippen LogP contribution is -1.92. The van der Waals surface area contributed by atoms with Gasteiger partial charge in [-0.25, -0.2) is 0 Å². The number of pyridine rings is 1. The summed E-state index contributed by atoms with van der Waals surface area (Å²) >= 11 is 0. The van der Waals surface area contributed by atoms with E-state index in [4.69, 9.17) is 5.11 Å². The number of aliphatic hydroxyl groups is 1. The molecule has 0 saturated heterocycles. The number of aliphatic hydroxyl groups excluding tert-OH is 1. The van der Waals surface area contributed by atoms with E-state index in [1.54, 1.807) is 0 Å². The summed E-state index contributed by atoms with van der Waals surface area (Å²) in [5.41, 5.74) is -0.0227. The predicted octanol–water partition coefficient (Wildman–Crippen LogP) is 0.704. The first-order chi connectivity index (χ1) is 5.74. The highest BCUT2D eigenvalue weighted by atomic mass is 19.1. The summed E-state index contributed by atoms with van der Waals surface area (Å²) in [6.45, 7) is -0.364. The fourth-order valence-corrected chi connectivity index (χ4v) is 0.640. The van der Waals surface area contributed by atoms with Crippen molar-refractivity contribution in [1.29, 1.82) is 0 Å². The molecule has 1 N–H and O–H groups in total. The molecule has 0 radical (unpaired) electrons. The maximum Gasteiger partial charge on any atom is 0.231 e. The van der Waals surface area contributed by atoms with Gasteiger partial charge in [-0.1, -0.05) is 11.8 Å². The minimum absolute atomic E-state index is 0.0227. The molecule has 0 unspecified atom stereocenters. The molecular weight excluding hydrogens is 164 g/mol. The first-order valence-corrected chi connectivity index (χ1v) is 3.16. The van der Waals surface area contributed by atoms with Gasteiger partial charge in [0.05, 0.1) is 5.56 Å². The molecule has 4 heteroatoms. The molecule has 0 aliphatic carbocycles. The Morgan fingerprint density at radius 1 is 1.42 bits per heavy atom. The molecule has 0 aromatic carbocycles. The Morgan fingerprint density at radius 3 is 2.75 bits per heavy atom. The number of hydrogen-bond donors (Lipinski definition) is 1. The van der Waals surface area contributed by atoms with Crippen LogP contribution in [0.25, 0.3) is 0 Å². The quantitative estimate of drug-likeness (QED) is 0.458. The molecule has 0 aliphatic rings. The van der Waals surface area contributed by atoms with E-state index < -0.39 is 11.9 Å². The van der Waals surface area contributed by atoms with Crippen LogP contribution < -0.4 is 0 Å². The van der Waals surface area contributed by atoms with Crippen LogP contribution in [0, 0.1) is 23.7 Å². The van der Waals surface area contributed by atoms with Crippen LogP contribution in [-0.4, -0.2) is 16.7 Å². The Kier molecular flexibility index (Phi) is 2.72. The fraction of sp³-hybridized carbons (Fsp3) is 0.125. The second kappa shape index (κ2) is 3.79. The van der Waals surface area contributed by atoms with E-state index in [0.717, 1.165) is 6.07 Å². The molecule has 0 atom stereocenters. The molecule has 0 aliphatic heterocycles. The summed E-state index contributed by atoms with van der Waals surface area (Å²) < 4.78 is 24.9. The Labute approximate surface area is 67.9 Å². The number of rotatable bonds is 0. The van der Waals surface area contributed by atoms with Crippen LogP contribution >= 0.6 is 0 Å².